The second-order valence-corrected chi connectivity index (χ2v) is 3.52. The topological polar surface area (TPSA) is 23.6 Å². The molecule has 2 amide bonds. The van der Waals surface area contributed by atoms with Crippen molar-refractivity contribution in [3.8, 4) is 0 Å². The Labute approximate surface area is 68.0 Å². The van der Waals surface area contributed by atoms with E-state index in [9.17, 15) is 4.79 Å². The molecule has 1 rings (SSSR count). The highest BCUT2D eigenvalue weighted by molar-refractivity contribution is 5.75. The average molecular weight is 156 g/mol. The molecule has 0 aromatic rings. The van der Waals surface area contributed by atoms with Crippen LogP contribution in [-0.4, -0.2) is 42.0 Å². The summed E-state index contributed by atoms with van der Waals surface area (Å²) < 4.78 is 0. The van der Waals surface area contributed by atoms with Crippen LogP contribution in [0.1, 0.15) is 20.3 Å². The molecular formula is C8H16N2O. The maximum absolute atomic E-state index is 11.4. The van der Waals surface area contributed by atoms with E-state index in [2.05, 4.69) is 13.8 Å². The van der Waals surface area contributed by atoms with E-state index in [-0.39, 0.29) is 6.03 Å². The monoisotopic (exact) mass is 156 g/mol. The van der Waals surface area contributed by atoms with Crippen LogP contribution in [0.3, 0.4) is 0 Å². The molecule has 3 heteroatoms. The van der Waals surface area contributed by atoms with Crippen molar-refractivity contribution in [1.29, 1.82) is 0 Å². The van der Waals surface area contributed by atoms with E-state index < -0.39 is 0 Å². The molecule has 11 heavy (non-hydrogen) atoms. The predicted octanol–water partition coefficient (Wildman–Crippen LogP) is 1.15. The summed E-state index contributed by atoms with van der Waals surface area (Å²) in [7, 11) is 3.58. The molecular weight excluding hydrogens is 140 g/mol. The average Bonchev–Trinajstić information content (AvgIpc) is 1.86. The summed E-state index contributed by atoms with van der Waals surface area (Å²) in [5.41, 5.74) is 0. The summed E-state index contributed by atoms with van der Waals surface area (Å²) in [6, 6.07) is 0.996. The highest BCUT2D eigenvalue weighted by Gasteiger charge is 2.36. The lowest BCUT2D eigenvalue weighted by molar-refractivity contribution is 0.0578. The summed E-state index contributed by atoms with van der Waals surface area (Å²) in [6.07, 6.45) is 1.14. The van der Waals surface area contributed by atoms with Gasteiger partial charge < -0.3 is 9.80 Å². The van der Waals surface area contributed by atoms with Crippen LogP contribution in [0.5, 0.6) is 0 Å². The summed E-state index contributed by atoms with van der Waals surface area (Å²) in [5.74, 6) is 0. The smallest absolute Gasteiger partial charge is 0.319 e. The zero-order chi connectivity index (χ0) is 8.59. The zero-order valence-corrected chi connectivity index (χ0v) is 7.66. The van der Waals surface area contributed by atoms with Crippen molar-refractivity contribution < 1.29 is 4.79 Å². The Hall–Kier alpha value is -0.730. The molecule has 3 nitrogen and oxygen atoms in total. The largest absolute Gasteiger partial charge is 0.331 e. The van der Waals surface area contributed by atoms with Gasteiger partial charge in [0.15, 0.2) is 0 Å². The summed E-state index contributed by atoms with van der Waals surface area (Å²) in [4.78, 5) is 14.9. The van der Waals surface area contributed by atoms with Crippen LogP contribution in [0.15, 0.2) is 0 Å². The fourth-order valence-electron chi connectivity index (χ4n) is 1.63. The second-order valence-electron chi connectivity index (χ2n) is 3.52. The van der Waals surface area contributed by atoms with Gasteiger partial charge in [0.05, 0.1) is 0 Å². The number of hydrogen-bond donors (Lipinski definition) is 0. The van der Waals surface area contributed by atoms with E-state index in [4.69, 9.17) is 0 Å². The van der Waals surface area contributed by atoms with Crippen LogP contribution in [-0.2, 0) is 0 Å². The fraction of sp³-hybridized carbons (Fsp3) is 0.875. The first-order chi connectivity index (χ1) is 5.04. The minimum absolute atomic E-state index is 0.135. The van der Waals surface area contributed by atoms with Crippen LogP contribution in [0.25, 0.3) is 0 Å². The summed E-state index contributed by atoms with van der Waals surface area (Å²) in [6.45, 7) is 4.17. The Morgan fingerprint density at radius 1 is 1.36 bits per heavy atom. The van der Waals surface area contributed by atoms with E-state index >= 15 is 0 Å². The Kier molecular flexibility index (Phi) is 2.07. The Balaban J connectivity index is 2.53. The minimum atomic E-state index is 0.135. The number of amides is 2. The summed E-state index contributed by atoms with van der Waals surface area (Å²) in [5, 5.41) is 0. The van der Waals surface area contributed by atoms with E-state index in [1.165, 1.54) is 0 Å². The first-order valence-electron chi connectivity index (χ1n) is 4.03. The van der Waals surface area contributed by atoms with Gasteiger partial charge in [0, 0.05) is 26.2 Å². The van der Waals surface area contributed by atoms with Gasteiger partial charge in [-0.15, -0.1) is 0 Å². The van der Waals surface area contributed by atoms with Crippen molar-refractivity contribution in [2.75, 3.05) is 14.1 Å². The Morgan fingerprint density at radius 3 is 2.00 bits per heavy atom. The molecule has 2 unspecified atom stereocenters. The molecule has 0 saturated carbocycles. The fourth-order valence-corrected chi connectivity index (χ4v) is 1.63. The van der Waals surface area contributed by atoms with E-state index in [1.54, 1.807) is 19.0 Å². The number of nitrogens with zero attached hydrogens (tertiary/aromatic N) is 2. The number of carbonyl (C=O) groups excluding carboxylic acids is 1. The van der Waals surface area contributed by atoms with Crippen LogP contribution in [0.4, 0.5) is 4.79 Å². The molecule has 0 spiro atoms. The number of urea groups is 1. The third kappa shape index (κ3) is 1.32. The number of hydrogen-bond acceptors (Lipinski definition) is 1. The van der Waals surface area contributed by atoms with Gasteiger partial charge in [-0.3, -0.25) is 0 Å². The number of carbonyl (C=O) groups is 1. The summed E-state index contributed by atoms with van der Waals surface area (Å²) >= 11 is 0. The molecule has 2 atom stereocenters. The lowest BCUT2D eigenvalue weighted by Gasteiger charge is -2.46. The van der Waals surface area contributed by atoms with Gasteiger partial charge in [-0.2, -0.15) is 0 Å². The van der Waals surface area contributed by atoms with E-state index in [0.717, 1.165) is 6.42 Å². The van der Waals surface area contributed by atoms with E-state index in [1.807, 2.05) is 4.90 Å². The molecule has 64 valence electrons. The van der Waals surface area contributed by atoms with Gasteiger partial charge in [-0.05, 0) is 20.3 Å². The third-order valence-electron chi connectivity index (χ3n) is 2.24. The molecule has 0 aromatic heterocycles. The van der Waals surface area contributed by atoms with Crippen molar-refractivity contribution >= 4 is 6.03 Å². The highest BCUT2D eigenvalue weighted by atomic mass is 16.2. The first-order valence-corrected chi connectivity index (χ1v) is 4.03. The molecule has 1 aliphatic heterocycles. The van der Waals surface area contributed by atoms with Crippen LogP contribution in [0.2, 0.25) is 0 Å². The van der Waals surface area contributed by atoms with Gasteiger partial charge in [0.25, 0.3) is 0 Å². The number of rotatable bonds is 0. The molecule has 1 fully saturated rings. The van der Waals surface area contributed by atoms with Crippen molar-refractivity contribution in [1.82, 2.24) is 9.80 Å². The molecule has 0 radical (unpaired) electrons. The first kappa shape index (κ1) is 8.37. The van der Waals surface area contributed by atoms with Gasteiger partial charge in [0.2, 0.25) is 0 Å². The molecule has 0 N–H and O–H groups in total. The van der Waals surface area contributed by atoms with Crippen LogP contribution in [0, 0.1) is 0 Å². The minimum Gasteiger partial charge on any atom is -0.331 e. The molecule has 0 aromatic carbocycles. The predicted molar refractivity (Wildman–Crippen MR) is 44.5 cm³/mol. The third-order valence-corrected chi connectivity index (χ3v) is 2.24. The molecule has 1 saturated heterocycles. The normalized spacial score (nSPS) is 29.6. The maximum Gasteiger partial charge on any atom is 0.319 e. The second kappa shape index (κ2) is 2.72. The Bertz CT molecular complexity index is 159. The quantitative estimate of drug-likeness (QED) is 0.516. The standard InChI is InChI=1S/C8H16N2O/c1-6-5-7(2)10(6)8(11)9(3)4/h6-7H,5H2,1-4H3. The van der Waals surface area contributed by atoms with Crippen molar-refractivity contribution in [2.24, 2.45) is 0 Å². The molecule has 0 bridgehead atoms. The van der Waals surface area contributed by atoms with Crippen molar-refractivity contribution in [3.05, 3.63) is 0 Å². The van der Waals surface area contributed by atoms with Crippen molar-refractivity contribution in [2.45, 2.75) is 32.4 Å². The van der Waals surface area contributed by atoms with Crippen LogP contribution >= 0.6 is 0 Å². The zero-order valence-electron chi connectivity index (χ0n) is 7.66. The maximum atomic E-state index is 11.4. The van der Waals surface area contributed by atoms with Gasteiger partial charge >= 0.3 is 6.03 Å². The highest BCUT2D eigenvalue weighted by Crippen LogP contribution is 2.25. The lowest BCUT2D eigenvalue weighted by atomic mass is 9.96. The molecule has 1 aliphatic rings. The van der Waals surface area contributed by atoms with Gasteiger partial charge in [-0.1, -0.05) is 0 Å². The van der Waals surface area contributed by atoms with Crippen molar-refractivity contribution in [3.63, 3.8) is 0 Å². The number of likely N-dealkylation sites (tertiary alicyclic amines) is 1. The lowest BCUT2D eigenvalue weighted by Crippen LogP contribution is -2.58. The molecule has 1 heterocycles. The van der Waals surface area contributed by atoms with Crippen LogP contribution < -0.4 is 0 Å². The van der Waals surface area contributed by atoms with Gasteiger partial charge in [-0.25, -0.2) is 4.79 Å². The Morgan fingerprint density at radius 2 is 1.82 bits per heavy atom. The van der Waals surface area contributed by atoms with E-state index in [0.29, 0.717) is 12.1 Å². The van der Waals surface area contributed by atoms with Gasteiger partial charge in [0.1, 0.15) is 0 Å². The SMILES string of the molecule is CC1CC(C)N1C(=O)N(C)C. The molecule has 0 aliphatic carbocycles.